The molecule has 3 aromatic carbocycles. The molecule has 0 aromatic heterocycles. The van der Waals surface area contributed by atoms with Gasteiger partial charge in [-0.15, -0.1) is 0 Å². The van der Waals surface area contributed by atoms with E-state index < -0.39 is 11.9 Å². The number of hydrogen-bond acceptors (Lipinski definition) is 4. The van der Waals surface area contributed by atoms with Crippen LogP contribution in [0.3, 0.4) is 0 Å². The van der Waals surface area contributed by atoms with Crippen molar-refractivity contribution >= 4 is 23.4 Å². The molecule has 3 saturated heterocycles. The third-order valence-corrected chi connectivity index (χ3v) is 8.67. The lowest BCUT2D eigenvalue weighted by molar-refractivity contribution is -0.946. The van der Waals surface area contributed by atoms with Crippen molar-refractivity contribution in [3.05, 3.63) is 90.0 Å². The minimum absolute atomic E-state index is 0.0261. The van der Waals surface area contributed by atoms with Gasteiger partial charge < -0.3 is 18.9 Å². The number of piperidine rings is 3. The molecule has 0 spiro atoms. The van der Waals surface area contributed by atoms with Crippen molar-refractivity contribution in [3.63, 3.8) is 0 Å². The van der Waals surface area contributed by atoms with Crippen LogP contribution in [0.4, 0.5) is 25.0 Å². The van der Waals surface area contributed by atoms with E-state index >= 15 is 0 Å². The number of nitrogens with zero attached hydrogens (tertiary/aromatic N) is 3. The first kappa shape index (κ1) is 29.5. The highest BCUT2D eigenvalue weighted by Crippen LogP contribution is 2.37. The number of carbonyl (C=O) groups excluding carboxylic acids is 2. The van der Waals surface area contributed by atoms with E-state index in [-0.39, 0.29) is 36.0 Å². The molecule has 3 heterocycles. The van der Waals surface area contributed by atoms with Gasteiger partial charge in [0.15, 0.2) is 6.10 Å². The lowest BCUT2D eigenvalue weighted by Gasteiger charge is -2.52. The van der Waals surface area contributed by atoms with Gasteiger partial charge in [-0.2, -0.15) is 0 Å². The van der Waals surface area contributed by atoms with Gasteiger partial charge in [-0.05, 0) is 42.0 Å². The average molecular weight is 579 g/mol. The zero-order valence-electron chi connectivity index (χ0n) is 24.2. The maximum Gasteiger partial charge on any atom is 0.415 e. The maximum absolute atomic E-state index is 14.8. The Bertz CT molecular complexity index is 1390. The molecule has 3 fully saturated rings. The number of halogens is 2. The third kappa shape index (κ3) is 6.73. The summed E-state index contributed by atoms with van der Waals surface area (Å²) in [6.45, 7) is 5.77. The summed E-state index contributed by atoms with van der Waals surface area (Å²) >= 11 is 0. The quantitative estimate of drug-likeness (QED) is 0.270. The monoisotopic (exact) mass is 578 g/mol. The molecule has 42 heavy (non-hydrogen) atoms. The van der Waals surface area contributed by atoms with Crippen LogP contribution in [0.5, 0.6) is 5.75 Å². The van der Waals surface area contributed by atoms with Crippen molar-refractivity contribution in [1.82, 2.24) is 0 Å². The molecular formula is C33H38F2N3O4+. The number of anilines is 2. The highest BCUT2D eigenvalue weighted by molar-refractivity contribution is 5.91. The predicted molar refractivity (Wildman–Crippen MR) is 157 cm³/mol. The van der Waals surface area contributed by atoms with Crippen molar-refractivity contribution in [3.8, 4) is 5.75 Å². The fourth-order valence-electron chi connectivity index (χ4n) is 6.36. The van der Waals surface area contributed by atoms with Crippen molar-refractivity contribution in [2.75, 3.05) is 49.6 Å². The second-order valence-electron chi connectivity index (χ2n) is 11.3. The standard InChI is InChI=1S/C33H38F2N3O4/c1-24(39)36(28-7-5-8-29(21-28)41-2)17-6-18-38-19-15-26(16-20-38)32(23-38)42-33(40)37(31-10-4-3-9-30(31)35)22-25-11-13-27(34)14-12-25/h3-5,7-14,21,26,32H,6,15-20,22-23H2,1-2H3/q+1. The molecule has 2 amide bonds. The van der Waals surface area contributed by atoms with E-state index in [1.165, 1.54) is 23.1 Å². The molecule has 7 nitrogen and oxygen atoms in total. The zero-order chi connectivity index (χ0) is 29.7. The number of rotatable bonds is 10. The van der Waals surface area contributed by atoms with Crippen LogP contribution in [0.2, 0.25) is 0 Å². The summed E-state index contributed by atoms with van der Waals surface area (Å²) in [5, 5.41) is 0. The SMILES string of the molecule is COc1cccc(N(CCC[N+]23CCC(CC2)C(OC(=O)N(Cc2ccc(F)cc2)c2ccccc2F)C3)C(C)=O)c1. The van der Waals surface area contributed by atoms with Crippen LogP contribution in [0.1, 0.15) is 31.7 Å². The first-order chi connectivity index (χ1) is 20.3. The number of quaternary nitrogens is 1. The van der Waals surface area contributed by atoms with Gasteiger partial charge in [0, 0.05) is 50.4 Å². The van der Waals surface area contributed by atoms with E-state index in [4.69, 9.17) is 9.47 Å². The molecule has 1 unspecified atom stereocenters. The number of amides is 2. The van der Waals surface area contributed by atoms with Gasteiger partial charge in [-0.3, -0.25) is 9.69 Å². The first-order valence-electron chi connectivity index (χ1n) is 14.5. The van der Waals surface area contributed by atoms with Gasteiger partial charge in [0.1, 0.15) is 23.9 Å². The van der Waals surface area contributed by atoms with Gasteiger partial charge in [-0.1, -0.05) is 30.3 Å². The minimum atomic E-state index is -0.609. The molecule has 222 valence electrons. The summed E-state index contributed by atoms with van der Waals surface area (Å²) in [6, 6.07) is 19.4. The summed E-state index contributed by atoms with van der Waals surface area (Å²) in [5.74, 6) is 0.0248. The molecule has 3 aromatic rings. The Labute approximate surface area is 245 Å². The largest absolute Gasteiger partial charge is 0.497 e. The van der Waals surface area contributed by atoms with Gasteiger partial charge in [0.25, 0.3) is 0 Å². The molecule has 2 bridgehead atoms. The second-order valence-corrected chi connectivity index (χ2v) is 11.3. The third-order valence-electron chi connectivity index (χ3n) is 8.67. The number of ether oxygens (including phenoxy) is 2. The zero-order valence-corrected chi connectivity index (χ0v) is 24.2. The summed E-state index contributed by atoms with van der Waals surface area (Å²) < 4.78 is 40.6. The van der Waals surface area contributed by atoms with Crippen LogP contribution in [-0.2, 0) is 16.1 Å². The maximum atomic E-state index is 14.8. The molecule has 6 rings (SSSR count). The van der Waals surface area contributed by atoms with Crippen LogP contribution in [-0.4, -0.2) is 62.4 Å². The van der Waals surface area contributed by atoms with Crippen LogP contribution in [0.15, 0.2) is 72.8 Å². The van der Waals surface area contributed by atoms with Crippen molar-refractivity contribution in [2.45, 2.75) is 38.8 Å². The summed E-state index contributed by atoms with van der Waals surface area (Å²) in [5.41, 5.74) is 1.60. The van der Waals surface area contributed by atoms with E-state index in [0.29, 0.717) is 24.4 Å². The average Bonchev–Trinajstić information content (AvgIpc) is 3.00. The fraction of sp³-hybridized carbons (Fsp3) is 0.394. The Morgan fingerprint density at radius 3 is 2.38 bits per heavy atom. The topological polar surface area (TPSA) is 59.1 Å². The van der Waals surface area contributed by atoms with Crippen LogP contribution >= 0.6 is 0 Å². The molecular weight excluding hydrogens is 540 g/mol. The van der Waals surface area contributed by atoms with E-state index in [2.05, 4.69) is 0 Å². The van der Waals surface area contributed by atoms with Crippen LogP contribution in [0.25, 0.3) is 0 Å². The number of para-hydroxylation sites is 1. The molecule has 0 radical (unpaired) electrons. The Morgan fingerprint density at radius 2 is 1.69 bits per heavy atom. The highest BCUT2D eigenvalue weighted by Gasteiger charge is 2.47. The number of carbonyl (C=O) groups is 2. The first-order valence-corrected chi connectivity index (χ1v) is 14.5. The Balaban J connectivity index is 1.26. The second kappa shape index (κ2) is 12.9. The number of methoxy groups -OCH3 is 1. The summed E-state index contributed by atoms with van der Waals surface area (Å²) in [4.78, 5) is 29.2. The van der Waals surface area contributed by atoms with Gasteiger partial charge in [-0.25, -0.2) is 13.6 Å². The number of benzene rings is 3. The van der Waals surface area contributed by atoms with E-state index in [1.807, 2.05) is 24.3 Å². The summed E-state index contributed by atoms with van der Waals surface area (Å²) in [6.07, 6.45) is 1.80. The number of hydrogen-bond donors (Lipinski definition) is 0. The molecule has 0 saturated carbocycles. The summed E-state index contributed by atoms with van der Waals surface area (Å²) in [7, 11) is 1.61. The molecule has 9 heteroatoms. The smallest absolute Gasteiger partial charge is 0.415 e. The Kier molecular flexibility index (Phi) is 9.06. The van der Waals surface area contributed by atoms with E-state index in [0.717, 1.165) is 49.1 Å². The van der Waals surface area contributed by atoms with Gasteiger partial charge in [0.2, 0.25) is 5.91 Å². The van der Waals surface area contributed by atoms with Crippen molar-refractivity contribution in [2.24, 2.45) is 5.92 Å². The van der Waals surface area contributed by atoms with E-state index in [9.17, 15) is 18.4 Å². The lowest BCUT2D eigenvalue weighted by atomic mass is 9.83. The van der Waals surface area contributed by atoms with E-state index in [1.54, 1.807) is 49.3 Å². The van der Waals surface area contributed by atoms with Gasteiger partial charge in [0.05, 0.1) is 39.0 Å². The fourth-order valence-corrected chi connectivity index (χ4v) is 6.36. The van der Waals surface area contributed by atoms with Gasteiger partial charge >= 0.3 is 6.09 Å². The van der Waals surface area contributed by atoms with Crippen molar-refractivity contribution < 1.29 is 32.3 Å². The molecule has 0 aliphatic carbocycles. The number of fused-ring (bicyclic) bond motifs is 3. The highest BCUT2D eigenvalue weighted by atomic mass is 19.1. The minimum Gasteiger partial charge on any atom is -0.497 e. The lowest BCUT2D eigenvalue weighted by Crippen LogP contribution is -2.65. The molecule has 1 atom stereocenters. The molecule has 3 aliphatic heterocycles. The molecule has 0 N–H and O–H groups in total. The van der Waals surface area contributed by atoms with Crippen LogP contribution in [0, 0.1) is 17.6 Å². The van der Waals surface area contributed by atoms with Crippen LogP contribution < -0.4 is 14.5 Å². The normalized spacial score (nSPS) is 21.0. The molecule has 3 aliphatic rings. The van der Waals surface area contributed by atoms with Crippen molar-refractivity contribution in [1.29, 1.82) is 0 Å². The Morgan fingerprint density at radius 1 is 0.952 bits per heavy atom. The predicted octanol–water partition coefficient (Wildman–Crippen LogP) is 6.17. The Hall–Kier alpha value is -3.98.